The number of hydrogen-bond donors (Lipinski definition) is 2. The van der Waals surface area contributed by atoms with Gasteiger partial charge in [0.25, 0.3) is 5.91 Å². The van der Waals surface area contributed by atoms with Crippen molar-refractivity contribution in [3.05, 3.63) is 83.9 Å². The summed E-state index contributed by atoms with van der Waals surface area (Å²) >= 11 is 6.94. The smallest absolute Gasteiger partial charge is 0.257 e. The van der Waals surface area contributed by atoms with E-state index in [1.165, 1.54) is 4.70 Å². The van der Waals surface area contributed by atoms with Crippen LogP contribution in [-0.4, -0.2) is 22.6 Å². The van der Waals surface area contributed by atoms with E-state index in [0.29, 0.717) is 18.7 Å². The van der Waals surface area contributed by atoms with Gasteiger partial charge in [-0.15, -0.1) is 11.3 Å². The van der Waals surface area contributed by atoms with E-state index < -0.39 is 0 Å². The van der Waals surface area contributed by atoms with Crippen LogP contribution in [0.1, 0.15) is 22.8 Å². The van der Waals surface area contributed by atoms with E-state index in [0.717, 1.165) is 27.4 Å². The number of para-hydroxylation sites is 1. The van der Waals surface area contributed by atoms with Gasteiger partial charge in [0.05, 0.1) is 16.8 Å². The van der Waals surface area contributed by atoms with E-state index in [-0.39, 0.29) is 11.0 Å². The van der Waals surface area contributed by atoms with Crippen LogP contribution in [0.2, 0.25) is 0 Å². The highest BCUT2D eigenvalue weighted by molar-refractivity contribution is 7.80. The fraction of sp³-hybridized carbons (Fsp3) is 0.125. The molecule has 0 aliphatic carbocycles. The molecule has 4 rings (SSSR count). The zero-order valence-corrected chi connectivity index (χ0v) is 18.6. The van der Waals surface area contributed by atoms with E-state index in [1.54, 1.807) is 35.6 Å². The molecule has 1 heterocycles. The predicted octanol–water partition coefficient (Wildman–Crippen LogP) is 5.17. The fourth-order valence-electron chi connectivity index (χ4n) is 3.03. The van der Waals surface area contributed by atoms with Crippen molar-refractivity contribution in [2.45, 2.75) is 13.5 Å². The van der Waals surface area contributed by atoms with Crippen molar-refractivity contribution in [2.75, 3.05) is 6.61 Å². The second kappa shape index (κ2) is 9.68. The summed E-state index contributed by atoms with van der Waals surface area (Å²) in [5, 5.41) is 7.06. The van der Waals surface area contributed by atoms with Gasteiger partial charge >= 0.3 is 0 Å². The summed E-state index contributed by atoms with van der Waals surface area (Å²) < 4.78 is 6.57. The molecule has 0 atom stereocenters. The first-order valence-electron chi connectivity index (χ1n) is 9.89. The number of hydrogen-bond acceptors (Lipinski definition) is 5. The Morgan fingerprint density at radius 3 is 2.48 bits per heavy atom. The minimum absolute atomic E-state index is 0.258. The highest BCUT2D eigenvalue weighted by Crippen LogP contribution is 2.29. The Balaban J connectivity index is 1.31. The van der Waals surface area contributed by atoms with Gasteiger partial charge in [-0.1, -0.05) is 36.4 Å². The number of carbonyl (C=O) groups is 1. The third-order valence-electron chi connectivity index (χ3n) is 4.60. The molecular weight excluding hydrogens is 426 g/mol. The lowest BCUT2D eigenvalue weighted by Crippen LogP contribution is -2.38. The van der Waals surface area contributed by atoms with Crippen molar-refractivity contribution < 1.29 is 9.53 Å². The number of benzene rings is 3. The third kappa shape index (κ3) is 5.25. The molecule has 0 radical (unpaired) electrons. The van der Waals surface area contributed by atoms with Crippen molar-refractivity contribution in [1.29, 1.82) is 0 Å². The lowest BCUT2D eigenvalue weighted by Gasteiger charge is -2.10. The minimum Gasteiger partial charge on any atom is -0.494 e. The van der Waals surface area contributed by atoms with Crippen molar-refractivity contribution in [2.24, 2.45) is 0 Å². The molecule has 0 fully saturated rings. The molecule has 156 valence electrons. The van der Waals surface area contributed by atoms with Crippen LogP contribution in [0.3, 0.4) is 0 Å². The number of carbonyl (C=O) groups excluding carboxylic acids is 1. The molecule has 3 aromatic carbocycles. The van der Waals surface area contributed by atoms with Crippen LogP contribution in [0, 0.1) is 0 Å². The molecule has 7 heteroatoms. The quantitative estimate of drug-likeness (QED) is 0.400. The molecule has 4 aromatic rings. The highest BCUT2D eigenvalue weighted by Gasteiger charge is 2.09. The van der Waals surface area contributed by atoms with Crippen LogP contribution in [-0.2, 0) is 6.54 Å². The Morgan fingerprint density at radius 2 is 1.77 bits per heavy atom. The monoisotopic (exact) mass is 447 g/mol. The van der Waals surface area contributed by atoms with Gasteiger partial charge in [-0.3, -0.25) is 10.1 Å². The number of nitrogens with zero attached hydrogens (tertiary/aromatic N) is 1. The van der Waals surface area contributed by atoms with Crippen LogP contribution in [0.5, 0.6) is 5.75 Å². The molecule has 0 aliphatic rings. The number of thiocarbonyl (C=S) groups is 1. The number of aromatic nitrogens is 1. The molecule has 0 bridgehead atoms. The summed E-state index contributed by atoms with van der Waals surface area (Å²) in [5.41, 5.74) is 3.67. The number of ether oxygens (including phenoxy) is 1. The van der Waals surface area contributed by atoms with E-state index in [9.17, 15) is 4.79 Å². The van der Waals surface area contributed by atoms with Crippen LogP contribution >= 0.6 is 23.6 Å². The number of thiazole rings is 1. The van der Waals surface area contributed by atoms with Crippen LogP contribution in [0.4, 0.5) is 0 Å². The first-order chi connectivity index (χ1) is 15.1. The second-order valence-electron chi connectivity index (χ2n) is 6.78. The number of amides is 1. The first-order valence-corrected chi connectivity index (χ1v) is 11.1. The number of fused-ring (bicyclic) bond motifs is 1. The Labute approximate surface area is 190 Å². The van der Waals surface area contributed by atoms with Gasteiger partial charge < -0.3 is 10.1 Å². The minimum atomic E-state index is -0.258. The van der Waals surface area contributed by atoms with E-state index >= 15 is 0 Å². The maximum absolute atomic E-state index is 12.3. The van der Waals surface area contributed by atoms with E-state index in [4.69, 9.17) is 21.9 Å². The molecule has 0 unspecified atom stereocenters. The Hall–Kier alpha value is -3.29. The summed E-state index contributed by atoms with van der Waals surface area (Å²) in [6.45, 7) is 3.02. The standard InChI is InChI=1S/C24H21N3O2S2/c1-2-29-19-13-11-17(12-14-19)22(28)27-24(30)25-15-16-7-9-18(10-8-16)23-26-20-5-3-4-6-21(20)31-23/h3-14H,2,15H2,1H3,(H2,25,27,28,30). The van der Waals surface area contributed by atoms with Gasteiger partial charge in [-0.25, -0.2) is 4.98 Å². The molecular formula is C24H21N3O2S2. The molecule has 1 aromatic heterocycles. The van der Waals surface area contributed by atoms with Gasteiger partial charge in [-0.05, 0) is 61.1 Å². The summed E-state index contributed by atoms with van der Waals surface area (Å²) in [4.78, 5) is 17.0. The zero-order chi connectivity index (χ0) is 21.6. The second-order valence-corrected chi connectivity index (χ2v) is 8.22. The van der Waals surface area contributed by atoms with Gasteiger partial charge in [0.1, 0.15) is 10.8 Å². The van der Waals surface area contributed by atoms with Crippen molar-refractivity contribution in [1.82, 2.24) is 15.6 Å². The summed E-state index contributed by atoms with van der Waals surface area (Å²) in [7, 11) is 0. The van der Waals surface area contributed by atoms with Crippen molar-refractivity contribution in [3.8, 4) is 16.3 Å². The maximum Gasteiger partial charge on any atom is 0.257 e. The summed E-state index contributed by atoms with van der Waals surface area (Å²) in [5.74, 6) is 0.473. The van der Waals surface area contributed by atoms with Crippen LogP contribution < -0.4 is 15.4 Å². The normalized spacial score (nSPS) is 10.6. The molecule has 5 nitrogen and oxygen atoms in total. The largest absolute Gasteiger partial charge is 0.494 e. The molecule has 0 saturated carbocycles. The molecule has 0 aliphatic heterocycles. The molecule has 31 heavy (non-hydrogen) atoms. The Morgan fingerprint density at radius 1 is 1.03 bits per heavy atom. The predicted molar refractivity (Wildman–Crippen MR) is 130 cm³/mol. The average Bonchev–Trinajstić information content (AvgIpc) is 3.23. The Kier molecular flexibility index (Phi) is 6.54. The molecule has 0 saturated heterocycles. The van der Waals surface area contributed by atoms with Gasteiger partial charge in [0, 0.05) is 17.7 Å². The zero-order valence-electron chi connectivity index (χ0n) is 16.9. The summed E-state index contributed by atoms with van der Waals surface area (Å²) in [6.07, 6.45) is 0. The molecule has 2 N–H and O–H groups in total. The molecule has 1 amide bonds. The lowest BCUT2D eigenvalue weighted by molar-refractivity contribution is 0.0976. The Bertz CT molecular complexity index is 1170. The van der Waals surface area contributed by atoms with Crippen molar-refractivity contribution in [3.63, 3.8) is 0 Å². The summed E-state index contributed by atoms with van der Waals surface area (Å²) in [6, 6.07) is 23.3. The maximum atomic E-state index is 12.3. The van der Waals surface area contributed by atoms with Crippen LogP contribution in [0.25, 0.3) is 20.8 Å². The van der Waals surface area contributed by atoms with Gasteiger partial charge in [-0.2, -0.15) is 0 Å². The number of nitrogens with one attached hydrogen (secondary N) is 2. The van der Waals surface area contributed by atoms with Crippen LogP contribution in [0.15, 0.2) is 72.8 Å². The van der Waals surface area contributed by atoms with Gasteiger partial charge in [0.2, 0.25) is 0 Å². The van der Waals surface area contributed by atoms with E-state index in [2.05, 4.69) is 28.8 Å². The average molecular weight is 448 g/mol. The third-order valence-corrected chi connectivity index (χ3v) is 5.93. The topological polar surface area (TPSA) is 63.2 Å². The first kappa shape index (κ1) is 21.0. The SMILES string of the molecule is CCOc1ccc(C(=O)NC(=S)NCc2ccc(-c3nc4ccccc4s3)cc2)cc1. The fourth-order valence-corrected chi connectivity index (χ4v) is 4.17. The van der Waals surface area contributed by atoms with Crippen molar-refractivity contribution >= 4 is 44.8 Å². The van der Waals surface area contributed by atoms with Gasteiger partial charge in [0.15, 0.2) is 5.11 Å². The lowest BCUT2D eigenvalue weighted by atomic mass is 10.1. The number of rotatable bonds is 6. The molecule has 0 spiro atoms. The van der Waals surface area contributed by atoms with E-state index in [1.807, 2.05) is 37.3 Å². The highest BCUT2D eigenvalue weighted by atomic mass is 32.1.